The van der Waals surface area contributed by atoms with Crippen molar-refractivity contribution >= 4 is 17.4 Å². The molecule has 2 aliphatic rings. The molecule has 6 nitrogen and oxygen atoms in total. The van der Waals surface area contributed by atoms with Gasteiger partial charge in [-0.15, -0.1) is 11.3 Å². The Hall–Kier alpha value is -1.18. The zero-order valence-electron chi connectivity index (χ0n) is 13.1. The molecule has 7 heteroatoms. The van der Waals surface area contributed by atoms with Gasteiger partial charge in [0.25, 0.3) is 0 Å². The van der Waals surface area contributed by atoms with Crippen molar-refractivity contribution in [1.29, 1.82) is 0 Å². The predicted molar refractivity (Wildman–Crippen MR) is 86.1 cm³/mol. The molecule has 1 atom stereocenters. The van der Waals surface area contributed by atoms with Crippen LogP contribution < -0.4 is 5.32 Å². The van der Waals surface area contributed by atoms with Crippen LogP contribution in [0.5, 0.6) is 0 Å². The Balaban J connectivity index is 1.49. The highest BCUT2D eigenvalue weighted by atomic mass is 32.1. The van der Waals surface area contributed by atoms with Crippen LogP contribution in [0.4, 0.5) is 4.79 Å². The van der Waals surface area contributed by atoms with Crippen LogP contribution in [0.25, 0.3) is 0 Å². The summed E-state index contributed by atoms with van der Waals surface area (Å²) in [5.74, 6) is 0. The molecule has 1 N–H and O–H groups in total. The second-order valence-electron chi connectivity index (χ2n) is 5.91. The van der Waals surface area contributed by atoms with E-state index in [1.54, 1.807) is 11.3 Å². The van der Waals surface area contributed by atoms with Crippen LogP contribution in [0.3, 0.4) is 0 Å². The molecule has 0 radical (unpaired) electrons. The summed E-state index contributed by atoms with van der Waals surface area (Å²) in [5, 5.41) is 4.07. The topological polar surface area (TPSA) is 57.7 Å². The molecule has 0 bridgehead atoms. The van der Waals surface area contributed by atoms with Crippen molar-refractivity contribution in [2.45, 2.75) is 32.4 Å². The van der Waals surface area contributed by atoms with E-state index in [0.717, 1.165) is 62.1 Å². The Kier molecular flexibility index (Phi) is 5.28. The number of amides is 2. The normalized spacial score (nSPS) is 23.0. The molecule has 2 amide bonds. The number of nitrogens with zero attached hydrogens (tertiary/aromatic N) is 3. The largest absolute Gasteiger partial charge is 0.379 e. The lowest BCUT2D eigenvalue weighted by atomic mass is 10.2. The van der Waals surface area contributed by atoms with Gasteiger partial charge in [0.2, 0.25) is 0 Å². The summed E-state index contributed by atoms with van der Waals surface area (Å²) in [5.41, 5.74) is 0. The lowest BCUT2D eigenvalue weighted by molar-refractivity contribution is 0.0292. The zero-order chi connectivity index (χ0) is 15.4. The third kappa shape index (κ3) is 3.97. The summed E-state index contributed by atoms with van der Waals surface area (Å²) in [6, 6.07) is 0.392. The molecule has 2 aliphatic heterocycles. The molecule has 2 saturated heterocycles. The highest BCUT2D eigenvalue weighted by molar-refractivity contribution is 7.11. The maximum absolute atomic E-state index is 12.4. The number of hydrogen-bond donors (Lipinski definition) is 1. The van der Waals surface area contributed by atoms with Gasteiger partial charge in [0.1, 0.15) is 0 Å². The van der Waals surface area contributed by atoms with Gasteiger partial charge in [-0.3, -0.25) is 4.90 Å². The standard InChI is InChI=1S/C15H24N4O2S/c1-12-16-9-14(22-12)10-17-15(20)19-4-2-3-13(19)11-18-5-7-21-8-6-18/h9,13H,2-8,10-11H2,1H3,(H,17,20). The molecular formula is C15H24N4O2S. The number of hydrogen-bond acceptors (Lipinski definition) is 5. The van der Waals surface area contributed by atoms with E-state index < -0.39 is 0 Å². The molecule has 1 aromatic heterocycles. The van der Waals surface area contributed by atoms with E-state index in [1.807, 2.05) is 18.0 Å². The predicted octanol–water partition coefficient (Wildman–Crippen LogP) is 1.46. The molecule has 122 valence electrons. The fraction of sp³-hybridized carbons (Fsp3) is 0.733. The molecule has 1 aromatic rings. The fourth-order valence-electron chi connectivity index (χ4n) is 3.13. The van der Waals surface area contributed by atoms with Gasteiger partial charge < -0.3 is 15.0 Å². The summed E-state index contributed by atoms with van der Waals surface area (Å²) in [6.07, 6.45) is 4.04. The van der Waals surface area contributed by atoms with Gasteiger partial charge in [-0.05, 0) is 19.8 Å². The van der Waals surface area contributed by atoms with Crippen LogP contribution in [-0.2, 0) is 11.3 Å². The third-order valence-corrected chi connectivity index (χ3v) is 5.21. The van der Waals surface area contributed by atoms with Crippen molar-refractivity contribution in [3.63, 3.8) is 0 Å². The number of ether oxygens (including phenoxy) is 1. The molecule has 3 rings (SSSR count). The SMILES string of the molecule is Cc1ncc(CNC(=O)N2CCCC2CN2CCOCC2)s1. The Morgan fingerprint density at radius 3 is 3.00 bits per heavy atom. The summed E-state index contributed by atoms with van der Waals surface area (Å²) in [7, 11) is 0. The van der Waals surface area contributed by atoms with Gasteiger partial charge >= 0.3 is 6.03 Å². The molecule has 2 fully saturated rings. The van der Waals surface area contributed by atoms with Crippen LogP contribution in [0.1, 0.15) is 22.7 Å². The van der Waals surface area contributed by atoms with Crippen LogP contribution >= 0.6 is 11.3 Å². The molecular weight excluding hydrogens is 300 g/mol. The monoisotopic (exact) mass is 324 g/mol. The lowest BCUT2D eigenvalue weighted by Crippen LogP contribution is -2.49. The second-order valence-corrected chi connectivity index (χ2v) is 7.23. The molecule has 3 heterocycles. The molecule has 22 heavy (non-hydrogen) atoms. The number of likely N-dealkylation sites (tertiary alicyclic amines) is 1. The smallest absolute Gasteiger partial charge is 0.317 e. The number of nitrogens with one attached hydrogen (secondary N) is 1. The van der Waals surface area contributed by atoms with Gasteiger partial charge in [-0.1, -0.05) is 0 Å². The first-order chi connectivity index (χ1) is 10.7. The van der Waals surface area contributed by atoms with E-state index in [2.05, 4.69) is 15.2 Å². The molecule has 0 aliphatic carbocycles. The second kappa shape index (κ2) is 7.39. The van der Waals surface area contributed by atoms with Crippen molar-refractivity contribution < 1.29 is 9.53 Å². The molecule has 0 aromatic carbocycles. The van der Waals surface area contributed by atoms with E-state index in [9.17, 15) is 4.79 Å². The summed E-state index contributed by atoms with van der Waals surface area (Å²) >= 11 is 1.64. The minimum absolute atomic E-state index is 0.0572. The van der Waals surface area contributed by atoms with Crippen LogP contribution in [0.15, 0.2) is 6.20 Å². The quantitative estimate of drug-likeness (QED) is 0.911. The first-order valence-electron chi connectivity index (χ1n) is 7.98. The van der Waals surface area contributed by atoms with Crippen molar-refractivity contribution in [2.24, 2.45) is 0 Å². The summed E-state index contributed by atoms with van der Waals surface area (Å²) in [6.45, 7) is 7.96. The number of morpholine rings is 1. The van der Waals surface area contributed by atoms with Gasteiger partial charge in [0, 0.05) is 43.3 Å². The number of aromatic nitrogens is 1. The van der Waals surface area contributed by atoms with Gasteiger partial charge in [0.15, 0.2) is 0 Å². The van der Waals surface area contributed by atoms with E-state index in [-0.39, 0.29) is 6.03 Å². The van der Waals surface area contributed by atoms with Crippen molar-refractivity contribution in [3.05, 3.63) is 16.1 Å². The minimum Gasteiger partial charge on any atom is -0.379 e. The van der Waals surface area contributed by atoms with Crippen molar-refractivity contribution in [2.75, 3.05) is 39.4 Å². The average Bonchev–Trinajstić information content (AvgIpc) is 3.15. The fourth-order valence-corrected chi connectivity index (χ4v) is 3.86. The Morgan fingerprint density at radius 1 is 1.45 bits per heavy atom. The van der Waals surface area contributed by atoms with Crippen molar-refractivity contribution in [1.82, 2.24) is 20.1 Å². The number of carbonyl (C=O) groups excluding carboxylic acids is 1. The van der Waals surface area contributed by atoms with Gasteiger partial charge in [-0.25, -0.2) is 9.78 Å². The Labute approximate surface area is 135 Å². The molecule has 0 saturated carbocycles. The Bertz CT molecular complexity index is 501. The number of carbonyl (C=O) groups is 1. The highest BCUT2D eigenvalue weighted by Gasteiger charge is 2.30. The summed E-state index contributed by atoms with van der Waals surface area (Å²) < 4.78 is 5.39. The number of aryl methyl sites for hydroxylation is 1. The van der Waals surface area contributed by atoms with Crippen molar-refractivity contribution in [3.8, 4) is 0 Å². The van der Waals surface area contributed by atoms with E-state index in [4.69, 9.17) is 4.74 Å². The number of rotatable bonds is 4. The average molecular weight is 324 g/mol. The van der Waals surface area contributed by atoms with E-state index in [0.29, 0.717) is 12.6 Å². The maximum atomic E-state index is 12.4. The van der Waals surface area contributed by atoms with E-state index in [1.165, 1.54) is 0 Å². The summed E-state index contributed by atoms with van der Waals surface area (Å²) in [4.78, 5) is 22.2. The van der Waals surface area contributed by atoms with Gasteiger partial charge in [0.05, 0.1) is 24.8 Å². The van der Waals surface area contributed by atoms with E-state index >= 15 is 0 Å². The maximum Gasteiger partial charge on any atom is 0.317 e. The first-order valence-corrected chi connectivity index (χ1v) is 8.80. The highest BCUT2D eigenvalue weighted by Crippen LogP contribution is 2.19. The van der Waals surface area contributed by atoms with Gasteiger partial charge in [-0.2, -0.15) is 0 Å². The van der Waals surface area contributed by atoms with Crippen LogP contribution in [0.2, 0.25) is 0 Å². The van der Waals surface area contributed by atoms with Crippen LogP contribution in [-0.4, -0.2) is 66.2 Å². The molecule has 1 unspecified atom stereocenters. The number of thiazole rings is 1. The third-order valence-electron chi connectivity index (χ3n) is 4.29. The number of urea groups is 1. The lowest BCUT2D eigenvalue weighted by Gasteiger charge is -2.32. The minimum atomic E-state index is 0.0572. The zero-order valence-corrected chi connectivity index (χ0v) is 13.9. The van der Waals surface area contributed by atoms with Crippen LogP contribution in [0, 0.1) is 6.92 Å². The Morgan fingerprint density at radius 2 is 2.27 bits per heavy atom. The first kappa shape index (κ1) is 15.7. The molecule has 0 spiro atoms.